The third-order valence-corrected chi connectivity index (χ3v) is 1.95. The molecule has 4 heteroatoms. The zero-order valence-electron chi connectivity index (χ0n) is 6.48. The lowest BCUT2D eigenvalue weighted by molar-refractivity contribution is 0.405. The van der Waals surface area contributed by atoms with Crippen molar-refractivity contribution in [2.45, 2.75) is 4.90 Å². The molecule has 0 bridgehead atoms. The number of carbonyl (C=O) groups excluding carboxylic acids is 1. The molecular weight excluding hydrogens is 174 g/mol. The molecule has 0 N–H and O–H groups in total. The van der Waals surface area contributed by atoms with E-state index in [1.807, 2.05) is 24.3 Å². The van der Waals surface area contributed by atoms with Gasteiger partial charge in [0.25, 0.3) is 0 Å². The first-order chi connectivity index (χ1) is 5.88. The predicted molar refractivity (Wildman–Crippen MR) is 47.0 cm³/mol. The van der Waals surface area contributed by atoms with Crippen LogP contribution < -0.4 is 4.74 Å². The van der Waals surface area contributed by atoms with Gasteiger partial charge >= 0.3 is 0 Å². The van der Waals surface area contributed by atoms with Crippen molar-refractivity contribution < 1.29 is 9.53 Å². The minimum atomic E-state index is 0.710. The van der Waals surface area contributed by atoms with Crippen molar-refractivity contribution in [3.63, 3.8) is 0 Å². The van der Waals surface area contributed by atoms with E-state index in [0.29, 0.717) is 5.75 Å². The molecule has 1 aromatic rings. The number of hydrogen-bond donors (Lipinski definition) is 0. The van der Waals surface area contributed by atoms with Crippen LogP contribution in [0.25, 0.3) is 0 Å². The molecule has 1 aromatic carbocycles. The SMILES string of the molecule is COc1ccccc1SN=C=O. The summed E-state index contributed by atoms with van der Waals surface area (Å²) in [5.41, 5.74) is 0. The highest BCUT2D eigenvalue weighted by molar-refractivity contribution is 7.98. The van der Waals surface area contributed by atoms with Crippen molar-refractivity contribution in [3.05, 3.63) is 24.3 Å². The Morgan fingerprint density at radius 1 is 1.50 bits per heavy atom. The number of isocyanates is 1. The van der Waals surface area contributed by atoms with E-state index in [2.05, 4.69) is 4.40 Å². The number of ether oxygens (including phenoxy) is 1. The van der Waals surface area contributed by atoms with Crippen molar-refractivity contribution in [1.29, 1.82) is 0 Å². The van der Waals surface area contributed by atoms with Crippen molar-refractivity contribution in [2.24, 2.45) is 4.40 Å². The molecule has 0 aliphatic heterocycles. The summed E-state index contributed by atoms with van der Waals surface area (Å²) in [5.74, 6) is 0.710. The molecule has 0 aliphatic rings. The fourth-order valence-electron chi connectivity index (χ4n) is 0.762. The van der Waals surface area contributed by atoms with Gasteiger partial charge in [0.05, 0.1) is 12.0 Å². The summed E-state index contributed by atoms with van der Waals surface area (Å²) in [7, 11) is 1.57. The Balaban J connectivity index is 2.88. The Hall–Kier alpha value is -1.25. The van der Waals surface area contributed by atoms with Crippen LogP contribution in [0.15, 0.2) is 33.6 Å². The van der Waals surface area contributed by atoms with E-state index in [1.165, 1.54) is 6.08 Å². The number of nitrogens with zero attached hydrogens (tertiary/aromatic N) is 1. The van der Waals surface area contributed by atoms with E-state index >= 15 is 0 Å². The molecule has 0 aliphatic carbocycles. The Kier molecular flexibility index (Phi) is 3.38. The van der Waals surface area contributed by atoms with E-state index in [4.69, 9.17) is 4.74 Å². The molecule has 0 heterocycles. The maximum Gasteiger partial charge on any atom is 0.247 e. The Morgan fingerprint density at radius 3 is 2.92 bits per heavy atom. The van der Waals surface area contributed by atoms with Gasteiger partial charge in [0, 0.05) is 11.9 Å². The largest absolute Gasteiger partial charge is 0.496 e. The molecule has 12 heavy (non-hydrogen) atoms. The van der Waals surface area contributed by atoms with E-state index < -0.39 is 0 Å². The zero-order chi connectivity index (χ0) is 8.81. The third-order valence-electron chi connectivity index (χ3n) is 1.25. The lowest BCUT2D eigenvalue weighted by Crippen LogP contribution is -1.83. The van der Waals surface area contributed by atoms with E-state index in [9.17, 15) is 4.79 Å². The maximum atomic E-state index is 9.82. The summed E-state index contributed by atoms with van der Waals surface area (Å²) in [5, 5.41) is 0. The van der Waals surface area contributed by atoms with Crippen LogP contribution in [-0.2, 0) is 4.79 Å². The first-order valence-electron chi connectivity index (χ1n) is 3.25. The predicted octanol–water partition coefficient (Wildman–Crippen LogP) is 2.04. The van der Waals surface area contributed by atoms with Crippen LogP contribution in [-0.4, -0.2) is 13.2 Å². The monoisotopic (exact) mass is 181 g/mol. The maximum absolute atomic E-state index is 9.82. The van der Waals surface area contributed by atoms with Gasteiger partial charge in [-0.1, -0.05) is 12.1 Å². The summed E-state index contributed by atoms with van der Waals surface area (Å²) in [6, 6.07) is 7.34. The van der Waals surface area contributed by atoms with Crippen LogP contribution in [0.1, 0.15) is 0 Å². The second kappa shape index (κ2) is 4.59. The molecule has 0 fully saturated rings. The molecular formula is C8H7NO2S. The van der Waals surface area contributed by atoms with Crippen molar-refractivity contribution in [2.75, 3.05) is 7.11 Å². The Morgan fingerprint density at radius 2 is 2.25 bits per heavy atom. The molecule has 3 nitrogen and oxygen atoms in total. The summed E-state index contributed by atoms with van der Waals surface area (Å²) in [6.45, 7) is 0. The van der Waals surface area contributed by atoms with E-state index in [0.717, 1.165) is 16.8 Å². The minimum absolute atomic E-state index is 0.710. The second-order valence-electron chi connectivity index (χ2n) is 1.92. The average Bonchev–Trinajstić information content (AvgIpc) is 2.15. The first-order valence-corrected chi connectivity index (χ1v) is 4.03. The highest BCUT2D eigenvalue weighted by atomic mass is 32.2. The van der Waals surface area contributed by atoms with Crippen molar-refractivity contribution in [1.82, 2.24) is 0 Å². The summed E-state index contributed by atoms with van der Waals surface area (Å²) in [6.07, 6.45) is 1.45. The highest BCUT2D eigenvalue weighted by Crippen LogP contribution is 2.28. The normalized spacial score (nSPS) is 8.75. The molecule has 0 aromatic heterocycles. The van der Waals surface area contributed by atoms with Crippen LogP contribution in [0.5, 0.6) is 5.75 Å². The quantitative estimate of drug-likeness (QED) is 0.407. The smallest absolute Gasteiger partial charge is 0.247 e. The Labute approximate surface area is 74.6 Å². The standard InChI is InChI=1S/C8H7NO2S/c1-11-7-4-2-3-5-8(7)12-9-6-10/h2-5H,1H3. The highest BCUT2D eigenvalue weighted by Gasteiger charge is 1.99. The molecule has 0 atom stereocenters. The fourth-order valence-corrected chi connectivity index (χ4v) is 1.28. The molecule has 0 unspecified atom stereocenters. The van der Waals surface area contributed by atoms with Gasteiger partial charge in [-0.15, -0.1) is 4.40 Å². The van der Waals surface area contributed by atoms with Gasteiger partial charge in [0.2, 0.25) is 6.08 Å². The van der Waals surface area contributed by atoms with E-state index in [1.54, 1.807) is 7.11 Å². The van der Waals surface area contributed by atoms with Gasteiger partial charge < -0.3 is 4.74 Å². The molecule has 0 saturated carbocycles. The number of methoxy groups -OCH3 is 1. The molecule has 0 amide bonds. The van der Waals surface area contributed by atoms with Crippen LogP contribution in [0.2, 0.25) is 0 Å². The van der Waals surface area contributed by atoms with Gasteiger partial charge in [0.1, 0.15) is 5.75 Å². The van der Waals surface area contributed by atoms with Crippen molar-refractivity contribution >= 4 is 18.0 Å². The number of benzene rings is 1. The fraction of sp³-hybridized carbons (Fsp3) is 0.125. The van der Waals surface area contributed by atoms with Crippen LogP contribution in [0.4, 0.5) is 0 Å². The molecule has 0 saturated heterocycles. The number of rotatable bonds is 3. The lowest BCUT2D eigenvalue weighted by Gasteiger charge is -2.02. The van der Waals surface area contributed by atoms with Gasteiger partial charge in [-0.3, -0.25) is 0 Å². The van der Waals surface area contributed by atoms with Gasteiger partial charge in [-0.2, -0.15) is 0 Å². The van der Waals surface area contributed by atoms with E-state index in [-0.39, 0.29) is 0 Å². The zero-order valence-corrected chi connectivity index (χ0v) is 7.30. The Bertz CT molecular complexity index is 308. The molecule has 1 rings (SSSR count). The third kappa shape index (κ3) is 2.12. The molecule has 62 valence electrons. The lowest BCUT2D eigenvalue weighted by atomic mass is 10.3. The molecule has 0 radical (unpaired) electrons. The summed E-state index contributed by atoms with van der Waals surface area (Å²) in [4.78, 5) is 10.6. The van der Waals surface area contributed by atoms with Crippen LogP contribution >= 0.6 is 11.9 Å². The van der Waals surface area contributed by atoms with Gasteiger partial charge in [-0.25, -0.2) is 4.79 Å². The topological polar surface area (TPSA) is 38.7 Å². The summed E-state index contributed by atoms with van der Waals surface area (Å²) < 4.78 is 8.41. The summed E-state index contributed by atoms with van der Waals surface area (Å²) >= 11 is 1.05. The van der Waals surface area contributed by atoms with Crippen LogP contribution in [0.3, 0.4) is 0 Å². The number of para-hydroxylation sites is 1. The van der Waals surface area contributed by atoms with Crippen molar-refractivity contribution in [3.8, 4) is 5.75 Å². The second-order valence-corrected chi connectivity index (χ2v) is 2.73. The molecule has 0 spiro atoms. The average molecular weight is 181 g/mol. The van der Waals surface area contributed by atoms with Gasteiger partial charge in [0.15, 0.2) is 0 Å². The van der Waals surface area contributed by atoms with Gasteiger partial charge in [-0.05, 0) is 12.1 Å². The number of hydrogen-bond acceptors (Lipinski definition) is 4. The first kappa shape index (κ1) is 8.84. The minimum Gasteiger partial charge on any atom is -0.496 e. The van der Waals surface area contributed by atoms with Crippen LogP contribution in [0, 0.1) is 0 Å².